The number of aryl methyl sites for hydroxylation is 2. The van der Waals surface area contributed by atoms with Crippen molar-refractivity contribution < 1.29 is 14.2 Å². The number of aliphatic hydroxyl groups is 1. The minimum atomic E-state index is -0.394. The highest BCUT2D eigenvalue weighted by atomic mass is 35.5. The lowest BCUT2D eigenvalue weighted by Gasteiger charge is -2.06. The molecular weight excluding hydrogens is 328 g/mol. The van der Waals surface area contributed by atoms with Crippen LogP contribution in [0.15, 0.2) is 12.3 Å². The van der Waals surface area contributed by atoms with Crippen molar-refractivity contribution in [3.63, 3.8) is 0 Å². The molecule has 0 aliphatic carbocycles. The third kappa shape index (κ3) is 8.50. The summed E-state index contributed by atoms with van der Waals surface area (Å²) in [5.74, 6) is -0.394. The largest absolute Gasteiger partial charge is 0.393 e. The van der Waals surface area contributed by atoms with Crippen molar-refractivity contribution in [2.75, 3.05) is 0 Å². The van der Waals surface area contributed by atoms with Gasteiger partial charge in [-0.05, 0) is 32.1 Å². The van der Waals surface area contributed by atoms with Gasteiger partial charge in [0.1, 0.15) is 11.9 Å². The molecule has 0 saturated carbocycles. The van der Waals surface area contributed by atoms with Crippen LogP contribution in [0.3, 0.4) is 0 Å². The lowest BCUT2D eigenvalue weighted by molar-refractivity contribution is -0.134. The summed E-state index contributed by atoms with van der Waals surface area (Å²) in [6.07, 6.45) is 13.4. The molecule has 1 aromatic heterocycles. The van der Waals surface area contributed by atoms with Gasteiger partial charge in [0.05, 0.1) is 11.8 Å². The Kier molecular flexibility index (Phi) is 10.4. The molecule has 0 aliphatic rings. The van der Waals surface area contributed by atoms with Gasteiger partial charge in [0, 0.05) is 25.2 Å². The van der Waals surface area contributed by atoms with Gasteiger partial charge in [-0.2, -0.15) is 5.10 Å². The second-order valence-electron chi connectivity index (χ2n) is 6.15. The SMILES string of the molecule is CCCCCC(O)C/C=C/c1cn(C)nc1CCCCC(=O)OCl. The summed E-state index contributed by atoms with van der Waals surface area (Å²) >= 11 is 5.00. The monoisotopic (exact) mass is 356 g/mol. The minimum Gasteiger partial charge on any atom is -0.393 e. The maximum absolute atomic E-state index is 11.0. The van der Waals surface area contributed by atoms with Crippen LogP contribution in [0.4, 0.5) is 0 Å². The van der Waals surface area contributed by atoms with Crippen LogP contribution in [0.5, 0.6) is 0 Å². The normalized spacial score (nSPS) is 12.7. The predicted octanol–water partition coefficient (Wildman–Crippen LogP) is 4.17. The van der Waals surface area contributed by atoms with Crippen LogP contribution in [0, 0.1) is 0 Å². The number of nitrogens with zero attached hydrogens (tertiary/aromatic N) is 2. The number of unbranched alkanes of at least 4 members (excludes halogenated alkanes) is 3. The van der Waals surface area contributed by atoms with E-state index in [1.165, 1.54) is 12.8 Å². The van der Waals surface area contributed by atoms with E-state index in [-0.39, 0.29) is 6.10 Å². The fourth-order valence-corrected chi connectivity index (χ4v) is 2.66. The van der Waals surface area contributed by atoms with E-state index in [4.69, 9.17) is 11.9 Å². The highest BCUT2D eigenvalue weighted by molar-refractivity contribution is 6.13. The van der Waals surface area contributed by atoms with E-state index in [2.05, 4.69) is 16.3 Å². The summed E-state index contributed by atoms with van der Waals surface area (Å²) in [6, 6.07) is 0. The van der Waals surface area contributed by atoms with Gasteiger partial charge in [-0.15, -0.1) is 0 Å². The molecule has 136 valence electrons. The molecule has 0 amide bonds. The Morgan fingerprint density at radius 2 is 2.21 bits per heavy atom. The third-order valence-electron chi connectivity index (χ3n) is 3.91. The molecule has 1 rings (SSSR count). The zero-order chi connectivity index (χ0) is 17.8. The Morgan fingerprint density at radius 3 is 2.92 bits per heavy atom. The Hall–Kier alpha value is -1.33. The standard InChI is InChI=1S/C18H29ClN2O3/c1-3-4-5-10-16(22)11-8-9-15-14-21(2)20-17(15)12-6-7-13-18(23)24-19/h8-9,14,16,22H,3-7,10-13H2,1-2H3/b9-8+. The van der Waals surface area contributed by atoms with E-state index in [9.17, 15) is 9.90 Å². The molecule has 1 aromatic rings. The maximum Gasteiger partial charge on any atom is 0.324 e. The summed E-state index contributed by atoms with van der Waals surface area (Å²) in [7, 11) is 1.89. The van der Waals surface area contributed by atoms with E-state index in [1.807, 2.05) is 25.4 Å². The zero-order valence-electron chi connectivity index (χ0n) is 14.7. The fourth-order valence-electron chi connectivity index (χ4n) is 2.59. The van der Waals surface area contributed by atoms with Crippen LogP contribution < -0.4 is 0 Å². The van der Waals surface area contributed by atoms with Crippen LogP contribution in [0.2, 0.25) is 0 Å². The van der Waals surface area contributed by atoms with Crippen LogP contribution >= 0.6 is 11.9 Å². The Labute approximate surface area is 149 Å². The van der Waals surface area contributed by atoms with E-state index in [0.29, 0.717) is 12.8 Å². The molecule has 1 atom stereocenters. The summed E-state index contributed by atoms with van der Waals surface area (Å²) in [5.41, 5.74) is 2.08. The van der Waals surface area contributed by atoms with Crippen LogP contribution in [0.25, 0.3) is 6.08 Å². The lowest BCUT2D eigenvalue weighted by Crippen LogP contribution is -2.04. The number of hydrogen-bond donors (Lipinski definition) is 1. The molecule has 0 bridgehead atoms. The molecule has 0 saturated heterocycles. The number of halogens is 1. The third-order valence-corrected chi connectivity index (χ3v) is 4.09. The minimum absolute atomic E-state index is 0.269. The van der Waals surface area contributed by atoms with Gasteiger partial charge in [-0.3, -0.25) is 9.48 Å². The second kappa shape index (κ2) is 12.1. The number of aliphatic hydroxyl groups excluding tert-OH is 1. The fraction of sp³-hybridized carbons (Fsp3) is 0.667. The Bertz CT molecular complexity index is 514. The quantitative estimate of drug-likeness (QED) is 0.571. The number of hydrogen-bond acceptors (Lipinski definition) is 4. The first-order valence-corrected chi connectivity index (χ1v) is 9.06. The molecule has 6 heteroatoms. The smallest absolute Gasteiger partial charge is 0.324 e. The van der Waals surface area contributed by atoms with E-state index in [1.54, 1.807) is 4.68 Å². The molecule has 0 aromatic carbocycles. The van der Waals surface area contributed by atoms with Crippen molar-refractivity contribution in [3.05, 3.63) is 23.5 Å². The molecule has 0 radical (unpaired) electrons. The number of rotatable bonds is 12. The molecule has 5 nitrogen and oxygen atoms in total. The first kappa shape index (κ1) is 20.7. The number of carbonyl (C=O) groups excluding carboxylic acids is 1. The molecular formula is C18H29ClN2O3. The average Bonchev–Trinajstić information content (AvgIpc) is 2.91. The molecule has 1 unspecified atom stereocenters. The molecule has 24 heavy (non-hydrogen) atoms. The number of aromatic nitrogens is 2. The van der Waals surface area contributed by atoms with Crippen molar-refractivity contribution in [2.24, 2.45) is 7.05 Å². The predicted molar refractivity (Wildman–Crippen MR) is 96.5 cm³/mol. The average molecular weight is 357 g/mol. The Balaban J connectivity index is 2.41. The van der Waals surface area contributed by atoms with Gasteiger partial charge < -0.3 is 9.40 Å². The first-order chi connectivity index (χ1) is 11.6. The first-order valence-electron chi connectivity index (χ1n) is 8.75. The van der Waals surface area contributed by atoms with Crippen LogP contribution in [-0.4, -0.2) is 27.0 Å². The zero-order valence-corrected chi connectivity index (χ0v) is 15.5. The summed E-state index contributed by atoms with van der Waals surface area (Å²) < 4.78 is 5.91. The molecule has 0 aliphatic heterocycles. The highest BCUT2D eigenvalue weighted by Gasteiger charge is 2.07. The van der Waals surface area contributed by atoms with Crippen molar-refractivity contribution >= 4 is 23.9 Å². The molecule has 1 N–H and O–H groups in total. The van der Waals surface area contributed by atoms with E-state index < -0.39 is 5.97 Å². The van der Waals surface area contributed by atoms with Crippen molar-refractivity contribution in [3.8, 4) is 0 Å². The number of carbonyl (C=O) groups is 1. The van der Waals surface area contributed by atoms with Gasteiger partial charge >= 0.3 is 5.97 Å². The van der Waals surface area contributed by atoms with Gasteiger partial charge in [-0.25, -0.2) is 0 Å². The van der Waals surface area contributed by atoms with Gasteiger partial charge in [0.25, 0.3) is 0 Å². The van der Waals surface area contributed by atoms with Crippen LogP contribution in [0.1, 0.15) is 69.5 Å². The van der Waals surface area contributed by atoms with Crippen molar-refractivity contribution in [1.29, 1.82) is 0 Å². The maximum atomic E-state index is 11.0. The lowest BCUT2D eigenvalue weighted by atomic mass is 10.1. The summed E-state index contributed by atoms with van der Waals surface area (Å²) in [6.45, 7) is 2.16. The van der Waals surface area contributed by atoms with E-state index in [0.717, 1.165) is 43.4 Å². The van der Waals surface area contributed by atoms with Gasteiger partial charge in [0.15, 0.2) is 0 Å². The van der Waals surface area contributed by atoms with Crippen LogP contribution in [-0.2, 0) is 22.6 Å². The van der Waals surface area contributed by atoms with Gasteiger partial charge in [-0.1, -0.05) is 38.3 Å². The summed E-state index contributed by atoms with van der Waals surface area (Å²) in [5, 5.41) is 14.4. The second-order valence-corrected chi connectivity index (χ2v) is 6.30. The highest BCUT2D eigenvalue weighted by Crippen LogP contribution is 2.14. The van der Waals surface area contributed by atoms with Gasteiger partial charge in [0.2, 0.25) is 0 Å². The Morgan fingerprint density at radius 1 is 1.42 bits per heavy atom. The molecule has 1 heterocycles. The molecule has 0 fully saturated rings. The molecule has 0 spiro atoms. The summed E-state index contributed by atoms with van der Waals surface area (Å²) in [4.78, 5) is 11.0. The van der Waals surface area contributed by atoms with E-state index >= 15 is 0 Å². The van der Waals surface area contributed by atoms with Crippen molar-refractivity contribution in [2.45, 2.75) is 70.8 Å². The topological polar surface area (TPSA) is 64.3 Å². The van der Waals surface area contributed by atoms with Crippen molar-refractivity contribution in [1.82, 2.24) is 9.78 Å².